The van der Waals surface area contributed by atoms with Crippen LogP contribution in [-0.2, 0) is 4.79 Å². The Morgan fingerprint density at radius 3 is 2.45 bits per heavy atom. The molecule has 1 aromatic carbocycles. The van der Waals surface area contributed by atoms with E-state index in [-0.39, 0.29) is 17.6 Å². The third-order valence-electron chi connectivity index (χ3n) is 4.25. The van der Waals surface area contributed by atoms with Gasteiger partial charge in [-0.1, -0.05) is 0 Å². The lowest BCUT2D eigenvalue weighted by atomic mass is 9.89. The summed E-state index contributed by atoms with van der Waals surface area (Å²) >= 11 is 0. The quantitative estimate of drug-likeness (QED) is 0.856. The zero-order valence-electron chi connectivity index (χ0n) is 11.6. The summed E-state index contributed by atoms with van der Waals surface area (Å²) in [5.74, 6) is 0.573. The number of hydrogen-bond donors (Lipinski definition) is 1. The molecular formula is C16H20N2O2. The lowest BCUT2D eigenvalue weighted by Crippen LogP contribution is -2.31. The van der Waals surface area contributed by atoms with Gasteiger partial charge in [-0.15, -0.1) is 0 Å². The van der Waals surface area contributed by atoms with E-state index < -0.39 is 0 Å². The number of anilines is 1. The Bertz CT molecular complexity index is 504. The molecule has 0 spiro atoms. The first kappa shape index (κ1) is 13.3. The molecule has 2 fully saturated rings. The summed E-state index contributed by atoms with van der Waals surface area (Å²) in [6.07, 6.45) is 3.40. The molecule has 20 heavy (non-hydrogen) atoms. The Hall–Kier alpha value is -1.68. The Morgan fingerprint density at radius 2 is 1.85 bits per heavy atom. The summed E-state index contributed by atoms with van der Waals surface area (Å²) in [6, 6.07) is 7.53. The molecule has 1 amide bonds. The molecule has 0 bridgehead atoms. The second kappa shape index (κ2) is 5.75. The van der Waals surface area contributed by atoms with Gasteiger partial charge >= 0.3 is 0 Å². The first-order chi connectivity index (χ1) is 9.75. The molecule has 0 aromatic heterocycles. The SMILES string of the molecule is O=C(c1ccc(N2CCCC2=O)cc1)C1CCNCC1. The van der Waals surface area contributed by atoms with Gasteiger partial charge in [0, 0.05) is 30.1 Å². The van der Waals surface area contributed by atoms with E-state index in [2.05, 4.69) is 5.32 Å². The maximum absolute atomic E-state index is 12.4. The predicted octanol–water partition coefficient (Wildman–Crippen LogP) is 2.00. The zero-order chi connectivity index (χ0) is 13.9. The van der Waals surface area contributed by atoms with Crippen LogP contribution in [0.4, 0.5) is 5.69 Å². The van der Waals surface area contributed by atoms with Gasteiger partial charge in [0.25, 0.3) is 0 Å². The summed E-state index contributed by atoms with van der Waals surface area (Å²) in [5.41, 5.74) is 1.68. The summed E-state index contributed by atoms with van der Waals surface area (Å²) in [7, 11) is 0. The van der Waals surface area contributed by atoms with E-state index in [1.54, 1.807) is 4.90 Å². The fraction of sp³-hybridized carbons (Fsp3) is 0.500. The van der Waals surface area contributed by atoms with Crippen molar-refractivity contribution in [1.82, 2.24) is 5.32 Å². The van der Waals surface area contributed by atoms with Crippen molar-refractivity contribution in [1.29, 1.82) is 0 Å². The molecule has 0 atom stereocenters. The van der Waals surface area contributed by atoms with Crippen LogP contribution in [0.15, 0.2) is 24.3 Å². The smallest absolute Gasteiger partial charge is 0.227 e. The first-order valence-corrected chi connectivity index (χ1v) is 7.41. The minimum atomic E-state index is 0.149. The van der Waals surface area contributed by atoms with Crippen molar-refractivity contribution in [3.8, 4) is 0 Å². The monoisotopic (exact) mass is 272 g/mol. The molecule has 2 aliphatic rings. The lowest BCUT2D eigenvalue weighted by Gasteiger charge is -2.22. The lowest BCUT2D eigenvalue weighted by molar-refractivity contribution is -0.117. The van der Waals surface area contributed by atoms with Crippen LogP contribution in [0, 0.1) is 5.92 Å². The number of nitrogens with zero attached hydrogens (tertiary/aromatic N) is 1. The molecule has 3 rings (SSSR count). The Balaban J connectivity index is 1.72. The van der Waals surface area contributed by atoms with Gasteiger partial charge in [0.1, 0.15) is 0 Å². The second-order valence-electron chi connectivity index (χ2n) is 5.58. The molecule has 2 saturated heterocycles. The summed E-state index contributed by atoms with van der Waals surface area (Å²) in [4.78, 5) is 25.9. The highest BCUT2D eigenvalue weighted by Gasteiger charge is 2.24. The molecule has 1 aromatic rings. The molecule has 0 saturated carbocycles. The molecule has 4 nitrogen and oxygen atoms in total. The van der Waals surface area contributed by atoms with Crippen LogP contribution in [0.1, 0.15) is 36.0 Å². The van der Waals surface area contributed by atoms with Crippen molar-refractivity contribution in [2.24, 2.45) is 5.92 Å². The summed E-state index contributed by atoms with van der Waals surface area (Å²) in [5, 5.41) is 3.28. The van der Waals surface area contributed by atoms with Gasteiger partial charge in [-0.2, -0.15) is 0 Å². The van der Waals surface area contributed by atoms with Crippen molar-refractivity contribution >= 4 is 17.4 Å². The predicted molar refractivity (Wildman–Crippen MR) is 78.0 cm³/mol. The van der Waals surface area contributed by atoms with E-state index in [4.69, 9.17) is 0 Å². The van der Waals surface area contributed by atoms with Gasteiger partial charge in [-0.3, -0.25) is 9.59 Å². The minimum Gasteiger partial charge on any atom is -0.317 e. The highest BCUT2D eigenvalue weighted by molar-refractivity contribution is 5.99. The number of rotatable bonds is 3. The van der Waals surface area contributed by atoms with E-state index in [1.807, 2.05) is 24.3 Å². The summed E-state index contributed by atoms with van der Waals surface area (Å²) in [6.45, 7) is 2.65. The Labute approximate surface area is 119 Å². The highest BCUT2D eigenvalue weighted by Crippen LogP contribution is 2.24. The fourth-order valence-corrected chi connectivity index (χ4v) is 3.05. The third-order valence-corrected chi connectivity index (χ3v) is 4.25. The number of hydrogen-bond acceptors (Lipinski definition) is 3. The number of ketones is 1. The van der Waals surface area contributed by atoms with Gasteiger partial charge in [-0.25, -0.2) is 0 Å². The van der Waals surface area contributed by atoms with Gasteiger partial charge in [0.15, 0.2) is 5.78 Å². The number of nitrogens with one attached hydrogen (secondary N) is 1. The van der Waals surface area contributed by atoms with E-state index in [1.165, 1.54) is 0 Å². The Morgan fingerprint density at radius 1 is 1.15 bits per heavy atom. The van der Waals surface area contributed by atoms with Gasteiger partial charge in [0.2, 0.25) is 5.91 Å². The van der Waals surface area contributed by atoms with Gasteiger partial charge in [-0.05, 0) is 56.6 Å². The summed E-state index contributed by atoms with van der Waals surface area (Å²) < 4.78 is 0. The standard InChI is InChI=1S/C16H20N2O2/c19-15-2-1-11-18(15)14-5-3-12(4-6-14)16(20)13-7-9-17-10-8-13/h3-6,13,17H,1-2,7-11H2. The number of carbonyl (C=O) groups is 2. The normalized spacial score (nSPS) is 20.4. The highest BCUT2D eigenvalue weighted by atomic mass is 16.2. The Kier molecular flexibility index (Phi) is 3.83. The number of Topliss-reactive ketones (excluding diaryl/α,β-unsaturated/α-hetero) is 1. The van der Waals surface area contributed by atoms with Crippen molar-refractivity contribution in [2.45, 2.75) is 25.7 Å². The molecule has 106 valence electrons. The average Bonchev–Trinajstić information content (AvgIpc) is 2.94. The molecule has 0 unspecified atom stereocenters. The van der Waals surface area contributed by atoms with E-state index in [0.29, 0.717) is 6.42 Å². The largest absolute Gasteiger partial charge is 0.317 e. The van der Waals surface area contributed by atoms with Gasteiger partial charge in [0.05, 0.1) is 0 Å². The molecule has 2 aliphatic heterocycles. The number of carbonyl (C=O) groups excluding carboxylic acids is 2. The maximum Gasteiger partial charge on any atom is 0.227 e. The topological polar surface area (TPSA) is 49.4 Å². The first-order valence-electron chi connectivity index (χ1n) is 7.41. The van der Waals surface area contributed by atoms with E-state index >= 15 is 0 Å². The maximum atomic E-state index is 12.4. The van der Waals surface area contributed by atoms with E-state index in [9.17, 15) is 9.59 Å². The van der Waals surface area contributed by atoms with Crippen LogP contribution in [-0.4, -0.2) is 31.3 Å². The molecule has 0 radical (unpaired) electrons. The van der Waals surface area contributed by atoms with Crippen LogP contribution in [0.3, 0.4) is 0 Å². The van der Waals surface area contributed by atoms with Crippen molar-refractivity contribution in [2.75, 3.05) is 24.5 Å². The molecule has 2 heterocycles. The van der Waals surface area contributed by atoms with Crippen molar-refractivity contribution in [3.63, 3.8) is 0 Å². The molecular weight excluding hydrogens is 252 g/mol. The van der Waals surface area contributed by atoms with Crippen LogP contribution in [0.25, 0.3) is 0 Å². The van der Waals surface area contributed by atoms with Crippen LogP contribution >= 0.6 is 0 Å². The van der Waals surface area contributed by atoms with Crippen LogP contribution in [0.5, 0.6) is 0 Å². The average molecular weight is 272 g/mol. The van der Waals surface area contributed by atoms with Crippen LogP contribution < -0.4 is 10.2 Å². The third kappa shape index (κ3) is 2.61. The molecule has 4 heteroatoms. The van der Waals surface area contributed by atoms with Gasteiger partial charge < -0.3 is 10.2 Å². The minimum absolute atomic E-state index is 0.149. The number of benzene rings is 1. The second-order valence-corrected chi connectivity index (χ2v) is 5.58. The van der Waals surface area contributed by atoms with E-state index in [0.717, 1.165) is 50.1 Å². The van der Waals surface area contributed by atoms with Crippen LogP contribution in [0.2, 0.25) is 0 Å². The zero-order valence-corrected chi connectivity index (χ0v) is 11.6. The molecule has 1 N–H and O–H groups in total. The fourth-order valence-electron chi connectivity index (χ4n) is 3.05. The van der Waals surface area contributed by atoms with Crippen molar-refractivity contribution < 1.29 is 9.59 Å². The van der Waals surface area contributed by atoms with Crippen molar-refractivity contribution in [3.05, 3.63) is 29.8 Å². The molecule has 0 aliphatic carbocycles. The number of piperidine rings is 1. The number of amides is 1.